The van der Waals surface area contributed by atoms with E-state index in [2.05, 4.69) is 25.1 Å². The Morgan fingerprint density at radius 3 is 3.08 bits per heavy atom. The van der Waals surface area contributed by atoms with Crippen LogP contribution in [0.4, 0.5) is 0 Å². The number of aromatic nitrogens is 4. The summed E-state index contributed by atoms with van der Waals surface area (Å²) in [6, 6.07) is 2.37. The Balaban J connectivity index is 1.42. The van der Waals surface area contributed by atoms with E-state index in [-0.39, 0.29) is 5.41 Å². The lowest BCUT2D eigenvalue weighted by atomic mass is 9.82. The average molecular weight is 329 g/mol. The number of nitrogens with zero attached hydrogens (tertiary/aromatic N) is 5. The van der Waals surface area contributed by atoms with Gasteiger partial charge in [-0.1, -0.05) is 6.42 Å². The molecule has 2 fully saturated rings. The number of hydrogen-bond donors (Lipinski definition) is 0. The molecule has 0 radical (unpaired) electrons. The number of aryl methyl sites for hydroxylation is 2. The third-order valence-corrected chi connectivity index (χ3v) is 5.30. The van der Waals surface area contributed by atoms with E-state index in [1.807, 2.05) is 19.9 Å². The fourth-order valence-electron chi connectivity index (χ4n) is 4.18. The first-order valence-electron chi connectivity index (χ1n) is 8.57. The van der Waals surface area contributed by atoms with Gasteiger partial charge < -0.3 is 9.15 Å². The minimum absolute atomic E-state index is 0.197. The molecular weight excluding hydrogens is 306 g/mol. The second-order valence-corrected chi connectivity index (χ2v) is 7.11. The molecule has 0 bridgehead atoms. The minimum Gasteiger partial charge on any atom is -0.463 e. The maximum absolute atomic E-state index is 5.98. The summed E-state index contributed by atoms with van der Waals surface area (Å²) in [6.07, 6.45) is 5.48. The standard InChI is InChI=1S/C17H23N5O2/c1-12-5-7-18-16(19-12)23-11-17-6-3-4-14(17)8-22(10-17)9-15-21-20-13(2)24-15/h5,7,14H,3-4,6,8-11H2,1-2H3. The van der Waals surface area contributed by atoms with Crippen LogP contribution in [0.5, 0.6) is 6.01 Å². The van der Waals surface area contributed by atoms with Crippen molar-refractivity contribution in [1.82, 2.24) is 25.1 Å². The highest BCUT2D eigenvalue weighted by Gasteiger charge is 2.50. The van der Waals surface area contributed by atoms with E-state index >= 15 is 0 Å². The van der Waals surface area contributed by atoms with Crippen LogP contribution in [0.3, 0.4) is 0 Å². The second-order valence-electron chi connectivity index (χ2n) is 7.11. The van der Waals surface area contributed by atoms with Crippen LogP contribution >= 0.6 is 0 Å². The fraction of sp³-hybridized carbons (Fsp3) is 0.647. The van der Waals surface area contributed by atoms with Crippen molar-refractivity contribution in [3.05, 3.63) is 29.7 Å². The van der Waals surface area contributed by atoms with Gasteiger partial charge in [-0.2, -0.15) is 0 Å². The van der Waals surface area contributed by atoms with Gasteiger partial charge in [-0.3, -0.25) is 4.90 Å². The van der Waals surface area contributed by atoms with Crippen LogP contribution in [0.25, 0.3) is 0 Å². The van der Waals surface area contributed by atoms with Gasteiger partial charge in [-0.15, -0.1) is 10.2 Å². The molecule has 0 N–H and O–H groups in total. The number of rotatable bonds is 5. The van der Waals surface area contributed by atoms with Crippen LogP contribution in [0.2, 0.25) is 0 Å². The largest absolute Gasteiger partial charge is 0.463 e. The van der Waals surface area contributed by atoms with E-state index in [0.717, 1.165) is 25.3 Å². The molecule has 2 aromatic rings. The number of ether oxygens (including phenoxy) is 1. The number of likely N-dealkylation sites (tertiary alicyclic amines) is 1. The highest BCUT2D eigenvalue weighted by molar-refractivity contribution is 5.06. The maximum Gasteiger partial charge on any atom is 0.316 e. The van der Waals surface area contributed by atoms with Crippen LogP contribution in [-0.2, 0) is 6.54 Å². The Kier molecular flexibility index (Phi) is 3.96. The summed E-state index contributed by atoms with van der Waals surface area (Å²) < 4.78 is 11.5. The lowest BCUT2D eigenvalue weighted by Crippen LogP contribution is -2.34. The summed E-state index contributed by atoms with van der Waals surface area (Å²) in [7, 11) is 0. The second kappa shape index (κ2) is 6.12. The van der Waals surface area contributed by atoms with Gasteiger partial charge in [-0.25, -0.2) is 9.97 Å². The molecule has 0 aromatic carbocycles. The smallest absolute Gasteiger partial charge is 0.316 e. The third-order valence-electron chi connectivity index (χ3n) is 5.30. The number of hydrogen-bond acceptors (Lipinski definition) is 7. The molecule has 24 heavy (non-hydrogen) atoms. The molecule has 1 saturated heterocycles. The monoisotopic (exact) mass is 329 g/mol. The summed E-state index contributed by atoms with van der Waals surface area (Å²) in [5, 5.41) is 8.04. The van der Waals surface area contributed by atoms with E-state index in [1.165, 1.54) is 19.3 Å². The zero-order valence-electron chi connectivity index (χ0n) is 14.2. The van der Waals surface area contributed by atoms with Gasteiger partial charge in [0.2, 0.25) is 11.8 Å². The predicted octanol–water partition coefficient (Wildman–Crippen LogP) is 2.16. The molecule has 128 valence electrons. The average Bonchev–Trinajstić information content (AvgIpc) is 3.20. The molecule has 7 nitrogen and oxygen atoms in total. The Labute approximate surface area is 141 Å². The highest BCUT2D eigenvalue weighted by atomic mass is 16.5. The topological polar surface area (TPSA) is 77.2 Å². The first-order valence-corrected chi connectivity index (χ1v) is 8.57. The molecule has 2 aliphatic rings. The summed E-state index contributed by atoms with van der Waals surface area (Å²) in [5.74, 6) is 1.98. The van der Waals surface area contributed by atoms with Crippen LogP contribution in [-0.4, -0.2) is 44.8 Å². The molecule has 7 heteroatoms. The van der Waals surface area contributed by atoms with E-state index in [1.54, 1.807) is 6.20 Å². The summed E-state index contributed by atoms with van der Waals surface area (Å²) in [4.78, 5) is 11.0. The van der Waals surface area contributed by atoms with Crippen molar-refractivity contribution in [2.75, 3.05) is 19.7 Å². The van der Waals surface area contributed by atoms with Crippen molar-refractivity contribution in [3.63, 3.8) is 0 Å². The SMILES string of the molecule is Cc1ccnc(OCC23CCCC2CN(Cc2nnc(C)o2)C3)n1. The summed E-state index contributed by atoms with van der Waals surface area (Å²) >= 11 is 0. The molecule has 1 aliphatic carbocycles. The summed E-state index contributed by atoms with van der Waals surface area (Å²) in [5.41, 5.74) is 1.13. The molecule has 4 rings (SSSR count). The van der Waals surface area contributed by atoms with Gasteiger partial charge in [0.15, 0.2) is 0 Å². The quantitative estimate of drug-likeness (QED) is 0.832. The van der Waals surface area contributed by atoms with E-state index < -0.39 is 0 Å². The van der Waals surface area contributed by atoms with Crippen molar-refractivity contribution in [1.29, 1.82) is 0 Å². The Morgan fingerprint density at radius 2 is 2.29 bits per heavy atom. The maximum atomic E-state index is 5.98. The molecule has 1 saturated carbocycles. The lowest BCUT2D eigenvalue weighted by molar-refractivity contribution is 0.118. The summed E-state index contributed by atoms with van der Waals surface area (Å²) in [6.45, 7) is 7.26. The van der Waals surface area contributed by atoms with Crippen molar-refractivity contribution in [2.24, 2.45) is 11.3 Å². The van der Waals surface area contributed by atoms with Gasteiger partial charge in [0.05, 0.1) is 13.2 Å². The van der Waals surface area contributed by atoms with Crippen molar-refractivity contribution >= 4 is 0 Å². The third kappa shape index (κ3) is 3.00. The fourth-order valence-corrected chi connectivity index (χ4v) is 4.18. The van der Waals surface area contributed by atoms with Gasteiger partial charge in [0.25, 0.3) is 0 Å². The van der Waals surface area contributed by atoms with Gasteiger partial charge in [-0.05, 0) is 31.7 Å². The molecular formula is C17H23N5O2. The Bertz CT molecular complexity index is 719. The lowest BCUT2D eigenvalue weighted by Gasteiger charge is -2.28. The Hall–Kier alpha value is -2.02. The van der Waals surface area contributed by atoms with Crippen molar-refractivity contribution < 1.29 is 9.15 Å². The molecule has 1 aliphatic heterocycles. The van der Waals surface area contributed by atoms with E-state index in [9.17, 15) is 0 Å². The molecule has 3 heterocycles. The van der Waals surface area contributed by atoms with Crippen molar-refractivity contribution in [3.8, 4) is 6.01 Å². The van der Waals surface area contributed by atoms with Gasteiger partial charge in [0.1, 0.15) is 0 Å². The molecule has 2 aromatic heterocycles. The molecule has 2 atom stereocenters. The normalized spacial score (nSPS) is 26.7. The van der Waals surface area contributed by atoms with E-state index in [0.29, 0.717) is 30.3 Å². The van der Waals surface area contributed by atoms with Crippen LogP contribution < -0.4 is 4.74 Å². The number of fused-ring (bicyclic) bond motifs is 1. The van der Waals surface area contributed by atoms with Crippen molar-refractivity contribution in [2.45, 2.75) is 39.7 Å². The molecule has 0 amide bonds. The highest BCUT2D eigenvalue weighted by Crippen LogP contribution is 2.49. The van der Waals surface area contributed by atoms with Crippen LogP contribution in [0, 0.1) is 25.2 Å². The van der Waals surface area contributed by atoms with Crippen LogP contribution in [0.15, 0.2) is 16.7 Å². The van der Waals surface area contributed by atoms with Crippen LogP contribution in [0.1, 0.15) is 36.7 Å². The first-order chi connectivity index (χ1) is 11.6. The molecule has 2 unspecified atom stereocenters. The van der Waals surface area contributed by atoms with E-state index in [4.69, 9.17) is 9.15 Å². The van der Waals surface area contributed by atoms with Gasteiger partial charge in [0, 0.05) is 37.3 Å². The zero-order chi connectivity index (χ0) is 16.6. The predicted molar refractivity (Wildman–Crippen MR) is 86.4 cm³/mol. The first kappa shape index (κ1) is 15.5. The van der Waals surface area contributed by atoms with Gasteiger partial charge >= 0.3 is 6.01 Å². The zero-order valence-corrected chi connectivity index (χ0v) is 14.2. The molecule has 0 spiro atoms. The Morgan fingerprint density at radius 1 is 1.38 bits per heavy atom. The minimum atomic E-state index is 0.197.